The van der Waals surface area contributed by atoms with E-state index in [2.05, 4.69) is 5.32 Å². The lowest BCUT2D eigenvalue weighted by Crippen LogP contribution is -2.37. The number of halogens is 1. The molecule has 2 unspecified atom stereocenters. The van der Waals surface area contributed by atoms with Crippen molar-refractivity contribution >= 4 is 11.6 Å². The van der Waals surface area contributed by atoms with E-state index in [0.717, 1.165) is 32.1 Å². The molecule has 1 aliphatic carbocycles. The number of rotatable bonds is 2. The second-order valence-corrected chi connectivity index (χ2v) is 5.20. The van der Waals surface area contributed by atoms with E-state index in [1.54, 1.807) is 6.07 Å². The van der Waals surface area contributed by atoms with Crippen molar-refractivity contribution in [2.24, 2.45) is 11.7 Å². The van der Waals surface area contributed by atoms with Gasteiger partial charge in [0.25, 0.3) is 0 Å². The normalized spacial score (nSPS) is 22.6. The molecule has 2 atom stereocenters. The fourth-order valence-electron chi connectivity index (χ4n) is 2.59. The van der Waals surface area contributed by atoms with Gasteiger partial charge in [-0.15, -0.1) is 0 Å². The van der Waals surface area contributed by atoms with Gasteiger partial charge < -0.3 is 11.1 Å². The number of nitrogens with one attached hydrogen (secondary N) is 1. The molecule has 0 aromatic heterocycles. The predicted octanol–water partition coefficient (Wildman–Crippen LogP) is 2.54. The zero-order chi connectivity index (χ0) is 14.5. The molecule has 0 aliphatic heterocycles. The van der Waals surface area contributed by atoms with Crippen molar-refractivity contribution in [3.63, 3.8) is 0 Å². The van der Waals surface area contributed by atoms with Gasteiger partial charge in [0.15, 0.2) is 0 Å². The van der Waals surface area contributed by atoms with Crippen LogP contribution in [0, 0.1) is 23.1 Å². The lowest BCUT2D eigenvalue weighted by atomic mass is 9.94. The monoisotopic (exact) mass is 275 g/mol. The van der Waals surface area contributed by atoms with Gasteiger partial charge >= 0.3 is 0 Å². The molecule has 2 rings (SSSR count). The Morgan fingerprint density at radius 1 is 1.35 bits per heavy atom. The molecule has 4 nitrogen and oxygen atoms in total. The highest BCUT2D eigenvalue weighted by Crippen LogP contribution is 2.24. The molecule has 1 fully saturated rings. The molecular formula is C15H18FN3O. The van der Waals surface area contributed by atoms with Crippen molar-refractivity contribution in [3.8, 4) is 6.07 Å². The number of carbonyl (C=O) groups is 1. The smallest absolute Gasteiger partial charge is 0.229 e. The first-order valence-electron chi connectivity index (χ1n) is 6.88. The van der Waals surface area contributed by atoms with E-state index in [0.29, 0.717) is 5.69 Å². The number of anilines is 1. The summed E-state index contributed by atoms with van der Waals surface area (Å²) in [6.07, 6.45) is 4.79. The van der Waals surface area contributed by atoms with Crippen LogP contribution in [0.2, 0.25) is 0 Å². The van der Waals surface area contributed by atoms with Crippen molar-refractivity contribution in [1.82, 2.24) is 0 Å². The molecular weight excluding hydrogens is 257 g/mol. The molecule has 5 heteroatoms. The molecule has 0 radical (unpaired) electrons. The third kappa shape index (κ3) is 3.34. The Kier molecular flexibility index (Phi) is 4.70. The third-order valence-electron chi connectivity index (χ3n) is 3.76. The molecule has 0 saturated heterocycles. The van der Waals surface area contributed by atoms with Crippen LogP contribution in [0.3, 0.4) is 0 Å². The summed E-state index contributed by atoms with van der Waals surface area (Å²) in [7, 11) is 0. The molecule has 1 aliphatic rings. The summed E-state index contributed by atoms with van der Waals surface area (Å²) in [5.41, 5.74) is 6.40. The molecule has 3 N–H and O–H groups in total. The number of nitriles is 1. The minimum atomic E-state index is -0.586. The molecule has 0 bridgehead atoms. The average molecular weight is 275 g/mol. The molecule has 20 heavy (non-hydrogen) atoms. The van der Waals surface area contributed by atoms with E-state index in [4.69, 9.17) is 11.0 Å². The summed E-state index contributed by atoms with van der Waals surface area (Å²) in [5, 5.41) is 11.5. The summed E-state index contributed by atoms with van der Waals surface area (Å²) in [6.45, 7) is 0. The van der Waals surface area contributed by atoms with Crippen LogP contribution in [0.4, 0.5) is 10.1 Å². The Bertz CT molecular complexity index is 538. The van der Waals surface area contributed by atoms with Gasteiger partial charge in [-0.2, -0.15) is 5.26 Å². The lowest BCUT2D eigenvalue weighted by molar-refractivity contribution is -0.120. The second-order valence-electron chi connectivity index (χ2n) is 5.20. The summed E-state index contributed by atoms with van der Waals surface area (Å²) in [4.78, 5) is 12.2. The lowest BCUT2D eigenvalue weighted by Gasteiger charge is -2.20. The van der Waals surface area contributed by atoms with E-state index in [9.17, 15) is 9.18 Å². The largest absolute Gasteiger partial charge is 0.327 e. The average Bonchev–Trinajstić information content (AvgIpc) is 2.65. The van der Waals surface area contributed by atoms with Crippen molar-refractivity contribution in [2.45, 2.75) is 38.1 Å². The Labute approximate surface area is 117 Å². The van der Waals surface area contributed by atoms with Crippen LogP contribution in [-0.2, 0) is 4.79 Å². The SMILES string of the molecule is N#Cc1cc(NC(=O)C2CCCCCC2N)ccc1F. The Hall–Kier alpha value is -1.93. The summed E-state index contributed by atoms with van der Waals surface area (Å²) in [6, 6.07) is 5.60. The molecule has 1 amide bonds. The van der Waals surface area contributed by atoms with Gasteiger partial charge in [-0.1, -0.05) is 19.3 Å². The quantitative estimate of drug-likeness (QED) is 0.814. The van der Waals surface area contributed by atoms with Crippen LogP contribution in [0.25, 0.3) is 0 Å². The van der Waals surface area contributed by atoms with Gasteiger partial charge in [0.2, 0.25) is 5.91 Å². The van der Waals surface area contributed by atoms with E-state index in [1.165, 1.54) is 18.2 Å². The van der Waals surface area contributed by atoms with E-state index in [1.807, 2.05) is 0 Å². The van der Waals surface area contributed by atoms with Crippen LogP contribution >= 0.6 is 0 Å². The number of nitrogens with zero attached hydrogens (tertiary/aromatic N) is 1. The van der Waals surface area contributed by atoms with Crippen LogP contribution in [0.5, 0.6) is 0 Å². The minimum absolute atomic E-state index is 0.0760. The Balaban J connectivity index is 2.09. The van der Waals surface area contributed by atoms with Crippen molar-refractivity contribution < 1.29 is 9.18 Å². The number of hydrogen-bond donors (Lipinski definition) is 2. The van der Waals surface area contributed by atoms with Gasteiger partial charge in [-0.3, -0.25) is 4.79 Å². The standard InChI is InChI=1S/C15H18FN3O/c16-13-7-6-11(8-10(13)9-17)19-15(20)12-4-2-1-3-5-14(12)18/h6-8,12,14H,1-5,18H2,(H,19,20). The van der Waals surface area contributed by atoms with Gasteiger partial charge in [-0.05, 0) is 31.0 Å². The van der Waals surface area contributed by atoms with Gasteiger partial charge in [-0.25, -0.2) is 4.39 Å². The second kappa shape index (κ2) is 6.49. The van der Waals surface area contributed by atoms with Crippen molar-refractivity contribution in [3.05, 3.63) is 29.6 Å². The summed E-state index contributed by atoms with van der Waals surface area (Å²) < 4.78 is 13.2. The van der Waals surface area contributed by atoms with Crippen LogP contribution in [-0.4, -0.2) is 11.9 Å². The maximum atomic E-state index is 13.2. The minimum Gasteiger partial charge on any atom is -0.327 e. The predicted molar refractivity (Wildman–Crippen MR) is 74.3 cm³/mol. The number of hydrogen-bond acceptors (Lipinski definition) is 3. The van der Waals surface area contributed by atoms with E-state index < -0.39 is 5.82 Å². The first kappa shape index (κ1) is 14.5. The number of nitrogens with two attached hydrogens (primary N) is 1. The van der Waals surface area contributed by atoms with Crippen LogP contribution < -0.4 is 11.1 Å². The highest BCUT2D eigenvalue weighted by Gasteiger charge is 2.27. The fraction of sp³-hybridized carbons (Fsp3) is 0.467. The van der Waals surface area contributed by atoms with Crippen molar-refractivity contribution in [2.75, 3.05) is 5.32 Å². The molecule has 1 saturated carbocycles. The first-order valence-corrected chi connectivity index (χ1v) is 6.88. The fourth-order valence-corrected chi connectivity index (χ4v) is 2.59. The zero-order valence-electron chi connectivity index (χ0n) is 11.2. The summed E-state index contributed by atoms with van der Waals surface area (Å²) >= 11 is 0. The highest BCUT2D eigenvalue weighted by atomic mass is 19.1. The third-order valence-corrected chi connectivity index (χ3v) is 3.76. The first-order chi connectivity index (χ1) is 9.61. The topological polar surface area (TPSA) is 78.9 Å². The molecule has 106 valence electrons. The Morgan fingerprint density at radius 3 is 2.85 bits per heavy atom. The van der Waals surface area contributed by atoms with Crippen LogP contribution in [0.15, 0.2) is 18.2 Å². The summed E-state index contributed by atoms with van der Waals surface area (Å²) in [5.74, 6) is -0.945. The van der Waals surface area contributed by atoms with E-state index in [-0.39, 0.29) is 23.4 Å². The zero-order valence-corrected chi connectivity index (χ0v) is 11.2. The number of benzene rings is 1. The maximum Gasteiger partial charge on any atom is 0.229 e. The highest BCUT2D eigenvalue weighted by molar-refractivity contribution is 5.93. The number of amides is 1. The number of carbonyl (C=O) groups excluding carboxylic acids is 1. The van der Waals surface area contributed by atoms with Gasteiger partial charge in [0.05, 0.1) is 11.5 Å². The van der Waals surface area contributed by atoms with E-state index >= 15 is 0 Å². The molecule has 1 aromatic carbocycles. The maximum absolute atomic E-state index is 13.2. The van der Waals surface area contributed by atoms with Gasteiger partial charge in [0, 0.05) is 11.7 Å². The Morgan fingerprint density at radius 2 is 2.10 bits per heavy atom. The molecule has 1 aromatic rings. The van der Waals surface area contributed by atoms with Gasteiger partial charge in [0.1, 0.15) is 11.9 Å². The molecule has 0 spiro atoms. The van der Waals surface area contributed by atoms with Crippen molar-refractivity contribution in [1.29, 1.82) is 5.26 Å². The van der Waals surface area contributed by atoms with Crippen LogP contribution in [0.1, 0.15) is 37.7 Å². The molecule has 0 heterocycles.